The number of aromatic nitrogens is 1. The van der Waals surface area contributed by atoms with E-state index in [4.69, 9.17) is 23.2 Å². The molecule has 1 aromatic heterocycles. The second kappa shape index (κ2) is 6.79. The van der Waals surface area contributed by atoms with Crippen molar-refractivity contribution in [3.63, 3.8) is 0 Å². The SMILES string of the molecule is C=C(Cl)/C(Cl)=C\C=C\Sc1ccc(C)cn1. The molecule has 0 saturated heterocycles. The minimum absolute atomic E-state index is 0.338. The van der Waals surface area contributed by atoms with Crippen LogP contribution in [0.3, 0.4) is 0 Å². The normalized spacial score (nSPS) is 12.1. The minimum Gasteiger partial charge on any atom is -0.249 e. The van der Waals surface area contributed by atoms with Gasteiger partial charge in [-0.25, -0.2) is 4.98 Å². The van der Waals surface area contributed by atoms with Gasteiger partial charge in [0.1, 0.15) is 5.03 Å². The summed E-state index contributed by atoms with van der Waals surface area (Å²) >= 11 is 12.9. The lowest BCUT2D eigenvalue weighted by molar-refractivity contribution is 1.11. The lowest BCUT2D eigenvalue weighted by atomic mass is 10.3. The van der Waals surface area contributed by atoms with Crippen LogP contribution in [0.5, 0.6) is 0 Å². The molecule has 0 aliphatic heterocycles. The third-order valence-corrected chi connectivity index (χ3v) is 3.08. The standard InChI is InChI=1S/C12H11Cl2NS/c1-9-5-6-12(15-8-9)16-7-3-4-11(14)10(2)13/h3-8H,2H2,1H3/b7-3+,11-4+. The number of pyridine rings is 1. The first kappa shape index (κ1) is 13.4. The van der Waals surface area contributed by atoms with Gasteiger partial charge in [-0.1, -0.05) is 53.7 Å². The van der Waals surface area contributed by atoms with Gasteiger partial charge in [0.2, 0.25) is 0 Å². The van der Waals surface area contributed by atoms with Crippen molar-refractivity contribution < 1.29 is 0 Å². The summed E-state index contributed by atoms with van der Waals surface area (Å²) in [4.78, 5) is 4.24. The zero-order chi connectivity index (χ0) is 12.0. The Morgan fingerprint density at radius 1 is 1.44 bits per heavy atom. The van der Waals surface area contributed by atoms with Gasteiger partial charge < -0.3 is 0 Å². The van der Waals surface area contributed by atoms with Crippen LogP contribution in [0.15, 0.2) is 57.6 Å². The summed E-state index contributed by atoms with van der Waals surface area (Å²) in [5.41, 5.74) is 1.15. The van der Waals surface area contributed by atoms with Crippen molar-refractivity contribution in [2.24, 2.45) is 0 Å². The maximum atomic E-state index is 5.77. The van der Waals surface area contributed by atoms with Crippen LogP contribution in [0.25, 0.3) is 0 Å². The van der Waals surface area contributed by atoms with Crippen LogP contribution in [0.4, 0.5) is 0 Å². The second-order valence-corrected chi connectivity index (χ2v) is 4.83. The van der Waals surface area contributed by atoms with E-state index < -0.39 is 0 Å². The third kappa shape index (κ3) is 4.88. The monoisotopic (exact) mass is 271 g/mol. The van der Waals surface area contributed by atoms with E-state index in [-0.39, 0.29) is 0 Å². The average molecular weight is 272 g/mol. The molecule has 0 fully saturated rings. The van der Waals surface area contributed by atoms with Gasteiger partial charge in [-0.05, 0) is 30.0 Å². The van der Waals surface area contributed by atoms with E-state index in [0.29, 0.717) is 10.1 Å². The van der Waals surface area contributed by atoms with Gasteiger partial charge in [0.25, 0.3) is 0 Å². The average Bonchev–Trinajstić information content (AvgIpc) is 2.26. The van der Waals surface area contributed by atoms with E-state index in [2.05, 4.69) is 11.6 Å². The Balaban J connectivity index is 2.52. The van der Waals surface area contributed by atoms with Crippen molar-refractivity contribution in [1.82, 2.24) is 4.98 Å². The largest absolute Gasteiger partial charge is 0.249 e. The predicted molar refractivity (Wildman–Crippen MR) is 72.9 cm³/mol. The molecular formula is C12H11Cl2NS. The molecule has 1 aromatic rings. The van der Waals surface area contributed by atoms with Gasteiger partial charge in [0, 0.05) is 6.20 Å². The van der Waals surface area contributed by atoms with E-state index in [1.807, 2.05) is 36.7 Å². The molecule has 84 valence electrons. The van der Waals surface area contributed by atoms with Gasteiger partial charge in [-0.15, -0.1) is 0 Å². The van der Waals surface area contributed by atoms with Crippen LogP contribution < -0.4 is 0 Å². The van der Waals surface area contributed by atoms with Gasteiger partial charge >= 0.3 is 0 Å². The van der Waals surface area contributed by atoms with Crippen molar-refractivity contribution in [3.8, 4) is 0 Å². The van der Waals surface area contributed by atoms with E-state index in [9.17, 15) is 0 Å². The summed E-state index contributed by atoms with van der Waals surface area (Å²) < 4.78 is 0. The van der Waals surface area contributed by atoms with Crippen LogP contribution >= 0.6 is 35.0 Å². The van der Waals surface area contributed by atoms with Crippen LogP contribution in [-0.4, -0.2) is 4.98 Å². The Bertz CT molecular complexity index is 421. The Labute approximate surface area is 110 Å². The fourth-order valence-electron chi connectivity index (χ4n) is 0.847. The van der Waals surface area contributed by atoms with E-state index >= 15 is 0 Å². The van der Waals surface area contributed by atoms with Crippen LogP contribution in [-0.2, 0) is 0 Å². The predicted octanol–water partition coefficient (Wildman–Crippen LogP) is 4.87. The molecule has 0 bridgehead atoms. The molecular weight excluding hydrogens is 261 g/mol. The Hall–Kier alpha value is -0.700. The van der Waals surface area contributed by atoms with Gasteiger partial charge in [0.15, 0.2) is 0 Å². The number of allylic oxidation sites excluding steroid dienone is 4. The summed E-state index contributed by atoms with van der Waals surface area (Å²) in [6.07, 6.45) is 5.33. The lowest BCUT2D eigenvalue weighted by Gasteiger charge is -1.95. The van der Waals surface area contributed by atoms with Crippen molar-refractivity contribution in [2.75, 3.05) is 0 Å². The van der Waals surface area contributed by atoms with E-state index in [0.717, 1.165) is 10.6 Å². The highest BCUT2D eigenvalue weighted by atomic mass is 35.5. The van der Waals surface area contributed by atoms with Gasteiger partial charge in [-0.3, -0.25) is 0 Å². The first-order valence-electron chi connectivity index (χ1n) is 4.56. The highest BCUT2D eigenvalue weighted by Gasteiger charge is 1.92. The molecule has 1 heterocycles. The fraction of sp³-hybridized carbons (Fsp3) is 0.0833. The summed E-state index contributed by atoms with van der Waals surface area (Å²) in [6, 6.07) is 3.99. The van der Waals surface area contributed by atoms with Crippen LogP contribution in [0.2, 0.25) is 0 Å². The van der Waals surface area contributed by atoms with E-state index in [1.165, 1.54) is 11.8 Å². The van der Waals surface area contributed by atoms with Crippen LogP contribution in [0, 0.1) is 6.92 Å². The number of thioether (sulfide) groups is 1. The summed E-state index contributed by atoms with van der Waals surface area (Å²) in [6.45, 7) is 5.52. The van der Waals surface area contributed by atoms with Gasteiger partial charge in [0.05, 0.1) is 10.1 Å². The molecule has 0 radical (unpaired) electrons. The Morgan fingerprint density at radius 3 is 2.75 bits per heavy atom. The molecule has 0 N–H and O–H groups in total. The van der Waals surface area contributed by atoms with Crippen molar-refractivity contribution >= 4 is 35.0 Å². The minimum atomic E-state index is 0.338. The highest BCUT2D eigenvalue weighted by molar-refractivity contribution is 8.02. The van der Waals surface area contributed by atoms with Crippen LogP contribution in [0.1, 0.15) is 5.56 Å². The molecule has 0 saturated carbocycles. The first-order valence-corrected chi connectivity index (χ1v) is 6.19. The first-order chi connectivity index (χ1) is 7.59. The maximum absolute atomic E-state index is 5.77. The molecule has 0 atom stereocenters. The summed E-state index contributed by atoms with van der Waals surface area (Å²) in [7, 11) is 0. The molecule has 0 aliphatic carbocycles. The van der Waals surface area contributed by atoms with Crippen molar-refractivity contribution in [1.29, 1.82) is 0 Å². The van der Waals surface area contributed by atoms with E-state index in [1.54, 1.807) is 6.08 Å². The number of aryl methyl sites for hydroxylation is 1. The molecule has 16 heavy (non-hydrogen) atoms. The number of hydrogen-bond acceptors (Lipinski definition) is 2. The molecule has 0 amide bonds. The molecule has 0 aliphatic rings. The number of nitrogens with zero attached hydrogens (tertiary/aromatic N) is 1. The quantitative estimate of drug-likeness (QED) is 0.572. The molecule has 0 spiro atoms. The summed E-state index contributed by atoms with van der Waals surface area (Å²) in [5, 5.41) is 3.61. The molecule has 1 rings (SSSR count). The zero-order valence-corrected chi connectivity index (χ0v) is 11.1. The Kier molecular flexibility index (Phi) is 5.67. The fourth-order valence-corrected chi connectivity index (χ4v) is 1.54. The molecule has 0 aromatic carbocycles. The number of hydrogen-bond donors (Lipinski definition) is 0. The smallest absolute Gasteiger partial charge is 0.100 e. The number of rotatable bonds is 4. The molecule has 4 heteroatoms. The maximum Gasteiger partial charge on any atom is 0.100 e. The molecule has 0 unspecified atom stereocenters. The lowest BCUT2D eigenvalue weighted by Crippen LogP contribution is -1.77. The highest BCUT2D eigenvalue weighted by Crippen LogP contribution is 2.19. The number of halogens is 2. The van der Waals surface area contributed by atoms with Crippen molar-refractivity contribution in [2.45, 2.75) is 11.9 Å². The third-order valence-electron chi connectivity index (χ3n) is 1.65. The van der Waals surface area contributed by atoms with Crippen molar-refractivity contribution in [3.05, 3.63) is 58.1 Å². The molecule has 1 nitrogen and oxygen atoms in total. The summed E-state index contributed by atoms with van der Waals surface area (Å²) in [5.74, 6) is 0. The second-order valence-electron chi connectivity index (χ2n) is 3.04. The topological polar surface area (TPSA) is 12.9 Å². The zero-order valence-electron chi connectivity index (χ0n) is 8.78. The Morgan fingerprint density at radius 2 is 2.19 bits per heavy atom. The van der Waals surface area contributed by atoms with Gasteiger partial charge in [-0.2, -0.15) is 0 Å².